The highest BCUT2D eigenvalue weighted by molar-refractivity contribution is 5.88. The molecule has 0 aliphatic heterocycles. The Kier molecular flexibility index (Phi) is 2.37. The monoisotopic (exact) mass is 240 g/mol. The first-order valence-electron chi connectivity index (χ1n) is 5.57. The largest absolute Gasteiger partial charge is 0.506 e. The van der Waals surface area contributed by atoms with Crippen LogP contribution in [0.15, 0.2) is 43.0 Å². The summed E-state index contributed by atoms with van der Waals surface area (Å²) < 4.78 is 1.94. The van der Waals surface area contributed by atoms with Gasteiger partial charge in [-0.25, -0.2) is 9.97 Å². The third-order valence-electron chi connectivity index (χ3n) is 2.84. The zero-order valence-corrected chi connectivity index (χ0v) is 9.61. The molecule has 3 aromatic rings. The maximum absolute atomic E-state index is 9.81. The van der Waals surface area contributed by atoms with Gasteiger partial charge < -0.3 is 15.4 Å². The number of benzene rings is 1. The molecule has 18 heavy (non-hydrogen) atoms. The maximum atomic E-state index is 9.81. The molecule has 3 rings (SSSR count). The summed E-state index contributed by atoms with van der Waals surface area (Å²) in [5, 5.41) is 10.7. The van der Waals surface area contributed by atoms with Crippen LogP contribution in [0.25, 0.3) is 10.9 Å². The third-order valence-corrected chi connectivity index (χ3v) is 2.84. The van der Waals surface area contributed by atoms with E-state index in [9.17, 15) is 5.11 Å². The molecule has 0 bridgehead atoms. The van der Waals surface area contributed by atoms with Crippen LogP contribution in [0.2, 0.25) is 0 Å². The van der Waals surface area contributed by atoms with Gasteiger partial charge >= 0.3 is 0 Å². The molecule has 3 N–H and O–H groups in total. The lowest BCUT2D eigenvalue weighted by Gasteiger charge is -2.09. The van der Waals surface area contributed by atoms with E-state index in [4.69, 9.17) is 5.73 Å². The summed E-state index contributed by atoms with van der Waals surface area (Å²) in [5.41, 5.74) is 7.32. The van der Waals surface area contributed by atoms with Gasteiger partial charge in [0.25, 0.3) is 0 Å². The lowest BCUT2D eigenvalue weighted by Crippen LogP contribution is -2.01. The van der Waals surface area contributed by atoms with Gasteiger partial charge in [0.1, 0.15) is 17.1 Å². The summed E-state index contributed by atoms with van der Waals surface area (Å²) in [5.74, 6) is 0.547. The van der Waals surface area contributed by atoms with Crippen LogP contribution in [0.1, 0.15) is 5.56 Å². The number of pyridine rings is 1. The molecule has 2 aromatic heterocycles. The van der Waals surface area contributed by atoms with Crippen LogP contribution in [0.5, 0.6) is 5.75 Å². The van der Waals surface area contributed by atoms with Gasteiger partial charge in [-0.05, 0) is 17.7 Å². The second-order valence-electron chi connectivity index (χ2n) is 4.11. The fourth-order valence-electron chi connectivity index (χ4n) is 2.03. The van der Waals surface area contributed by atoms with E-state index in [-0.39, 0.29) is 5.75 Å². The quantitative estimate of drug-likeness (QED) is 0.715. The molecule has 0 radical (unpaired) electrons. The minimum Gasteiger partial charge on any atom is -0.506 e. The molecule has 0 atom stereocenters. The minimum absolute atomic E-state index is 0.145. The molecule has 0 aliphatic carbocycles. The zero-order chi connectivity index (χ0) is 12.5. The number of fused-ring (bicyclic) bond motifs is 1. The van der Waals surface area contributed by atoms with Crippen molar-refractivity contribution in [2.75, 3.05) is 5.73 Å². The van der Waals surface area contributed by atoms with Gasteiger partial charge in [-0.15, -0.1) is 0 Å². The topological polar surface area (TPSA) is 77.0 Å². The van der Waals surface area contributed by atoms with Crippen molar-refractivity contribution in [3.63, 3.8) is 0 Å². The van der Waals surface area contributed by atoms with E-state index in [1.807, 2.05) is 22.9 Å². The molecule has 0 spiro atoms. The number of nitrogen functional groups attached to an aromatic ring is 1. The number of hydrogen-bond donors (Lipinski definition) is 2. The van der Waals surface area contributed by atoms with Gasteiger partial charge in [-0.3, -0.25) is 0 Å². The zero-order valence-electron chi connectivity index (χ0n) is 9.61. The molecular weight excluding hydrogens is 228 g/mol. The summed E-state index contributed by atoms with van der Waals surface area (Å²) in [6.07, 6.45) is 5.35. The summed E-state index contributed by atoms with van der Waals surface area (Å²) in [6.45, 7) is 0.646. The number of aromatic hydroxyl groups is 1. The molecule has 0 fully saturated rings. The number of imidazole rings is 1. The fraction of sp³-hybridized carbons (Fsp3) is 0.0769. The van der Waals surface area contributed by atoms with Crippen LogP contribution >= 0.6 is 0 Å². The maximum Gasteiger partial charge on any atom is 0.141 e. The van der Waals surface area contributed by atoms with Gasteiger partial charge in [-0.2, -0.15) is 0 Å². The summed E-state index contributed by atoms with van der Waals surface area (Å²) in [4.78, 5) is 8.17. The Morgan fingerprint density at radius 3 is 3.00 bits per heavy atom. The first kappa shape index (κ1) is 10.6. The highest BCUT2D eigenvalue weighted by Gasteiger charge is 2.08. The Labute approximate surface area is 104 Å². The summed E-state index contributed by atoms with van der Waals surface area (Å²) in [7, 11) is 0. The lowest BCUT2D eigenvalue weighted by molar-refractivity contribution is 0.480. The number of anilines is 1. The van der Waals surface area contributed by atoms with E-state index in [0.717, 1.165) is 10.9 Å². The molecule has 2 heterocycles. The number of nitrogens with two attached hydrogens (primary N) is 1. The highest BCUT2D eigenvalue weighted by atomic mass is 16.3. The highest BCUT2D eigenvalue weighted by Crippen LogP contribution is 2.27. The average molecular weight is 240 g/mol. The smallest absolute Gasteiger partial charge is 0.141 e. The molecule has 0 saturated carbocycles. The first-order valence-corrected chi connectivity index (χ1v) is 5.57. The van der Waals surface area contributed by atoms with E-state index in [1.54, 1.807) is 24.7 Å². The first-order chi connectivity index (χ1) is 8.74. The number of phenolic OH excluding ortho intramolecular Hbond substituents is 1. The average Bonchev–Trinajstić information content (AvgIpc) is 2.83. The molecule has 5 heteroatoms. The normalized spacial score (nSPS) is 10.9. The number of rotatable bonds is 2. The van der Waals surface area contributed by atoms with Crippen LogP contribution in [-0.2, 0) is 6.54 Å². The van der Waals surface area contributed by atoms with Crippen LogP contribution < -0.4 is 5.73 Å². The predicted octanol–water partition coefficient (Wildman–Crippen LogP) is 1.77. The van der Waals surface area contributed by atoms with Crippen LogP contribution in [-0.4, -0.2) is 19.6 Å². The van der Waals surface area contributed by atoms with Crippen molar-refractivity contribution in [1.82, 2.24) is 14.5 Å². The molecule has 5 nitrogen and oxygen atoms in total. The van der Waals surface area contributed by atoms with E-state index in [0.29, 0.717) is 17.9 Å². The SMILES string of the molecule is Nc1cc(Cn2ccnc2)c2cccc(O)c2n1. The number of aromatic nitrogens is 3. The Morgan fingerprint density at radius 2 is 2.22 bits per heavy atom. The van der Waals surface area contributed by atoms with Crippen molar-refractivity contribution >= 4 is 16.7 Å². The van der Waals surface area contributed by atoms with E-state index < -0.39 is 0 Å². The molecular formula is C13H12N4O. The molecule has 90 valence electrons. The Bertz CT molecular complexity index is 692. The minimum atomic E-state index is 0.145. The lowest BCUT2D eigenvalue weighted by atomic mass is 10.1. The van der Waals surface area contributed by atoms with Crippen molar-refractivity contribution in [2.45, 2.75) is 6.54 Å². The van der Waals surface area contributed by atoms with Crippen LogP contribution in [0.3, 0.4) is 0 Å². The third kappa shape index (κ3) is 1.75. The Balaban J connectivity index is 2.19. The van der Waals surface area contributed by atoms with Crippen molar-refractivity contribution in [3.8, 4) is 5.75 Å². The van der Waals surface area contributed by atoms with Gasteiger partial charge in [0.05, 0.1) is 6.33 Å². The van der Waals surface area contributed by atoms with E-state index >= 15 is 0 Å². The number of hydrogen-bond acceptors (Lipinski definition) is 4. The summed E-state index contributed by atoms with van der Waals surface area (Å²) in [6, 6.07) is 7.15. The van der Waals surface area contributed by atoms with Gasteiger partial charge in [0, 0.05) is 24.3 Å². The van der Waals surface area contributed by atoms with Crippen LogP contribution in [0, 0.1) is 0 Å². The Morgan fingerprint density at radius 1 is 1.33 bits per heavy atom. The van der Waals surface area contributed by atoms with Gasteiger partial charge in [0.2, 0.25) is 0 Å². The standard InChI is InChI=1S/C13H12N4O/c14-12-6-9(7-17-5-4-15-8-17)10-2-1-3-11(18)13(10)16-12/h1-6,8,18H,7H2,(H2,14,16). The molecule has 0 aliphatic rings. The van der Waals surface area contributed by atoms with E-state index in [2.05, 4.69) is 9.97 Å². The van der Waals surface area contributed by atoms with Crippen molar-refractivity contribution in [1.29, 1.82) is 0 Å². The Hall–Kier alpha value is -2.56. The molecule has 0 unspecified atom stereocenters. The molecule has 0 amide bonds. The van der Waals surface area contributed by atoms with Crippen molar-refractivity contribution < 1.29 is 5.11 Å². The second kappa shape index (κ2) is 4.03. The van der Waals surface area contributed by atoms with E-state index in [1.165, 1.54) is 0 Å². The van der Waals surface area contributed by atoms with Crippen molar-refractivity contribution in [3.05, 3.63) is 48.5 Å². The van der Waals surface area contributed by atoms with Gasteiger partial charge in [0.15, 0.2) is 0 Å². The molecule has 0 saturated heterocycles. The number of para-hydroxylation sites is 1. The summed E-state index contributed by atoms with van der Waals surface area (Å²) >= 11 is 0. The van der Waals surface area contributed by atoms with Crippen LogP contribution in [0.4, 0.5) is 5.82 Å². The van der Waals surface area contributed by atoms with Crippen molar-refractivity contribution in [2.24, 2.45) is 0 Å². The molecule has 1 aromatic carbocycles. The van der Waals surface area contributed by atoms with Gasteiger partial charge in [-0.1, -0.05) is 12.1 Å². The predicted molar refractivity (Wildman–Crippen MR) is 69.1 cm³/mol. The number of phenols is 1. The number of nitrogens with zero attached hydrogens (tertiary/aromatic N) is 3. The fourth-order valence-corrected chi connectivity index (χ4v) is 2.03. The second-order valence-corrected chi connectivity index (χ2v) is 4.11.